The van der Waals surface area contributed by atoms with Gasteiger partial charge in [0, 0.05) is 31.5 Å². The van der Waals surface area contributed by atoms with Gasteiger partial charge >= 0.3 is 0 Å². The van der Waals surface area contributed by atoms with Crippen LogP contribution in [0.4, 0.5) is 17.1 Å². The normalized spacial score (nSPS) is 10.6. The van der Waals surface area contributed by atoms with Crippen LogP contribution in [0, 0.1) is 10.1 Å². The van der Waals surface area contributed by atoms with E-state index < -0.39 is 10.8 Å². The minimum absolute atomic E-state index is 0.172. The predicted octanol–water partition coefficient (Wildman–Crippen LogP) is 3.85. The van der Waals surface area contributed by atoms with Gasteiger partial charge in [-0.1, -0.05) is 12.1 Å². The van der Waals surface area contributed by atoms with Crippen LogP contribution in [0.1, 0.15) is 10.4 Å². The maximum atomic E-state index is 12.7. The zero-order valence-corrected chi connectivity index (χ0v) is 17.0. The number of benzene rings is 2. The Balaban J connectivity index is 1.85. The number of halogens is 1. The van der Waals surface area contributed by atoms with Crippen LogP contribution < -0.4 is 10.6 Å². The molecule has 3 rings (SSSR count). The molecule has 10 heteroatoms. The zero-order chi connectivity index (χ0) is 20.8. The van der Waals surface area contributed by atoms with E-state index in [4.69, 9.17) is 4.74 Å². The molecule has 1 amide bonds. The number of nitro benzene ring substituents is 1. The number of carbonyl (C=O) groups is 1. The minimum Gasteiger partial charge on any atom is -0.383 e. The Bertz CT molecular complexity index is 1040. The van der Waals surface area contributed by atoms with E-state index in [1.165, 1.54) is 18.2 Å². The van der Waals surface area contributed by atoms with Gasteiger partial charge in [-0.3, -0.25) is 14.9 Å². The number of hydrogen-bond acceptors (Lipinski definition) is 6. The van der Waals surface area contributed by atoms with E-state index in [0.717, 1.165) is 4.47 Å². The van der Waals surface area contributed by atoms with E-state index in [-0.39, 0.29) is 11.3 Å². The number of nitrogens with one attached hydrogen (secondary N) is 2. The number of amides is 1. The molecule has 0 aliphatic rings. The number of para-hydroxylation sites is 2. The number of hydrogen-bond donors (Lipinski definition) is 2. The molecule has 0 aliphatic carbocycles. The van der Waals surface area contributed by atoms with Crippen molar-refractivity contribution in [3.05, 3.63) is 75.0 Å². The van der Waals surface area contributed by atoms with Crippen LogP contribution in [-0.4, -0.2) is 40.9 Å². The fourth-order valence-electron chi connectivity index (χ4n) is 2.67. The number of nitrogens with zero attached hydrogens (tertiary/aromatic N) is 3. The zero-order valence-electron chi connectivity index (χ0n) is 15.5. The Morgan fingerprint density at radius 3 is 2.76 bits per heavy atom. The molecule has 0 saturated carbocycles. The van der Waals surface area contributed by atoms with Crippen LogP contribution in [-0.2, 0) is 4.74 Å². The first-order valence-electron chi connectivity index (χ1n) is 8.62. The first-order valence-corrected chi connectivity index (χ1v) is 9.41. The number of carbonyl (C=O) groups excluding carboxylic acids is 1. The molecule has 29 heavy (non-hydrogen) atoms. The summed E-state index contributed by atoms with van der Waals surface area (Å²) in [5.74, 6) is -0.463. The van der Waals surface area contributed by atoms with Gasteiger partial charge in [-0.2, -0.15) is 5.10 Å². The second-order valence-corrected chi connectivity index (χ2v) is 6.90. The van der Waals surface area contributed by atoms with E-state index in [1.54, 1.807) is 42.4 Å². The van der Waals surface area contributed by atoms with Crippen LogP contribution >= 0.6 is 15.9 Å². The first-order chi connectivity index (χ1) is 14.0. The maximum Gasteiger partial charge on any atom is 0.293 e. The van der Waals surface area contributed by atoms with E-state index in [9.17, 15) is 14.9 Å². The molecule has 0 spiro atoms. The van der Waals surface area contributed by atoms with Gasteiger partial charge in [0.2, 0.25) is 0 Å². The average molecular weight is 460 g/mol. The van der Waals surface area contributed by atoms with Crippen molar-refractivity contribution in [2.45, 2.75) is 0 Å². The Morgan fingerprint density at radius 1 is 1.28 bits per heavy atom. The van der Waals surface area contributed by atoms with Gasteiger partial charge in [0.1, 0.15) is 5.69 Å². The number of ether oxygens (including phenoxy) is 1. The highest BCUT2D eigenvalue weighted by Gasteiger charge is 2.18. The number of rotatable bonds is 8. The molecule has 1 aromatic heterocycles. The molecule has 2 N–H and O–H groups in total. The average Bonchev–Trinajstić information content (AvgIpc) is 3.14. The van der Waals surface area contributed by atoms with Crippen molar-refractivity contribution in [1.29, 1.82) is 0 Å². The summed E-state index contributed by atoms with van der Waals surface area (Å²) >= 11 is 3.34. The molecular formula is C19H18BrN5O4. The van der Waals surface area contributed by atoms with Gasteiger partial charge in [0.05, 0.1) is 33.6 Å². The number of nitro groups is 1. The summed E-state index contributed by atoms with van der Waals surface area (Å²) in [7, 11) is 1.54. The highest BCUT2D eigenvalue weighted by Crippen LogP contribution is 2.27. The van der Waals surface area contributed by atoms with Crippen molar-refractivity contribution in [2.24, 2.45) is 0 Å². The van der Waals surface area contributed by atoms with Crippen LogP contribution in [0.2, 0.25) is 0 Å². The van der Waals surface area contributed by atoms with Crippen molar-refractivity contribution < 1.29 is 14.5 Å². The molecule has 0 saturated heterocycles. The van der Waals surface area contributed by atoms with Crippen molar-refractivity contribution in [3.63, 3.8) is 0 Å². The SMILES string of the molecule is COCCNc1ccc(C(=O)Nc2ccccc2-n2cc(Br)cn2)cc1[N+](=O)[O-]. The van der Waals surface area contributed by atoms with E-state index >= 15 is 0 Å². The third kappa shape index (κ3) is 4.98. The van der Waals surface area contributed by atoms with Crippen LogP contribution in [0.25, 0.3) is 5.69 Å². The van der Waals surface area contributed by atoms with Gasteiger partial charge in [-0.15, -0.1) is 0 Å². The highest BCUT2D eigenvalue weighted by molar-refractivity contribution is 9.10. The Labute approximate surface area is 175 Å². The maximum absolute atomic E-state index is 12.7. The molecule has 150 valence electrons. The minimum atomic E-state index is -0.527. The van der Waals surface area contributed by atoms with Crippen molar-refractivity contribution in [2.75, 3.05) is 30.9 Å². The fraction of sp³-hybridized carbons (Fsp3) is 0.158. The Kier molecular flexibility index (Phi) is 6.57. The fourth-order valence-corrected chi connectivity index (χ4v) is 2.95. The lowest BCUT2D eigenvalue weighted by molar-refractivity contribution is -0.384. The highest BCUT2D eigenvalue weighted by atomic mass is 79.9. The molecule has 0 bridgehead atoms. The molecule has 0 fully saturated rings. The summed E-state index contributed by atoms with van der Waals surface area (Å²) in [6, 6.07) is 11.4. The lowest BCUT2D eigenvalue weighted by Gasteiger charge is -2.12. The van der Waals surface area contributed by atoms with Gasteiger partial charge in [0.15, 0.2) is 0 Å². The van der Waals surface area contributed by atoms with Crippen LogP contribution in [0.3, 0.4) is 0 Å². The van der Waals surface area contributed by atoms with Crippen molar-refractivity contribution in [3.8, 4) is 5.69 Å². The van der Waals surface area contributed by atoms with Gasteiger partial charge in [0.25, 0.3) is 11.6 Å². The molecule has 9 nitrogen and oxygen atoms in total. The second-order valence-electron chi connectivity index (χ2n) is 5.98. The topological polar surface area (TPSA) is 111 Å². The third-order valence-corrected chi connectivity index (χ3v) is 4.44. The number of anilines is 2. The first kappa shape index (κ1) is 20.5. The summed E-state index contributed by atoms with van der Waals surface area (Å²) in [4.78, 5) is 23.6. The molecule has 0 atom stereocenters. The predicted molar refractivity (Wildman–Crippen MR) is 113 cm³/mol. The molecule has 1 heterocycles. The van der Waals surface area contributed by atoms with Crippen LogP contribution in [0.5, 0.6) is 0 Å². The third-order valence-electron chi connectivity index (χ3n) is 4.03. The monoisotopic (exact) mass is 459 g/mol. The van der Waals surface area contributed by atoms with Crippen molar-refractivity contribution >= 4 is 38.9 Å². The molecule has 0 radical (unpaired) electrons. The largest absolute Gasteiger partial charge is 0.383 e. The summed E-state index contributed by atoms with van der Waals surface area (Å²) in [5.41, 5.74) is 1.51. The smallest absolute Gasteiger partial charge is 0.293 e. The molecule has 0 unspecified atom stereocenters. The van der Waals surface area contributed by atoms with Gasteiger partial charge < -0.3 is 15.4 Å². The van der Waals surface area contributed by atoms with Crippen molar-refractivity contribution in [1.82, 2.24) is 9.78 Å². The van der Waals surface area contributed by atoms with E-state index in [1.807, 2.05) is 6.07 Å². The molecular weight excluding hydrogens is 442 g/mol. The number of aromatic nitrogens is 2. The van der Waals surface area contributed by atoms with Gasteiger partial charge in [-0.05, 0) is 40.2 Å². The summed E-state index contributed by atoms with van der Waals surface area (Å²) in [6.07, 6.45) is 3.40. The van der Waals surface area contributed by atoms with E-state index in [0.29, 0.717) is 30.2 Å². The number of methoxy groups -OCH3 is 1. The van der Waals surface area contributed by atoms with E-state index in [2.05, 4.69) is 31.7 Å². The quantitative estimate of drug-likeness (QED) is 0.300. The molecule has 2 aromatic carbocycles. The summed E-state index contributed by atoms with van der Waals surface area (Å²) in [6.45, 7) is 0.815. The Hall–Kier alpha value is -3.24. The van der Waals surface area contributed by atoms with Crippen LogP contribution in [0.15, 0.2) is 59.3 Å². The van der Waals surface area contributed by atoms with Gasteiger partial charge in [-0.25, -0.2) is 4.68 Å². The standard InChI is InChI=1S/C19H18BrN5O4/c1-29-9-8-21-15-7-6-13(10-18(15)25(27)28)19(26)23-16-4-2-3-5-17(16)24-12-14(20)11-22-24/h2-7,10-12,21H,8-9H2,1H3,(H,23,26). The molecule has 0 aliphatic heterocycles. The summed E-state index contributed by atoms with van der Waals surface area (Å²) < 4.78 is 7.35. The lowest BCUT2D eigenvalue weighted by Crippen LogP contribution is -2.15. The second kappa shape index (κ2) is 9.30. The lowest BCUT2D eigenvalue weighted by atomic mass is 10.1. The molecule has 3 aromatic rings. The summed E-state index contributed by atoms with van der Waals surface area (Å²) in [5, 5.41) is 21.4. The Morgan fingerprint density at radius 2 is 2.07 bits per heavy atom.